The number of ether oxygens (including phenoxy) is 2. The zero-order chi connectivity index (χ0) is 30.2. The molecule has 0 unspecified atom stereocenters. The van der Waals surface area contributed by atoms with Crippen LogP contribution in [-0.4, -0.2) is 70.5 Å². The lowest BCUT2D eigenvalue weighted by Gasteiger charge is -2.41. The lowest BCUT2D eigenvalue weighted by molar-refractivity contribution is -0.138. The molecule has 9 nitrogen and oxygen atoms in total. The molecule has 4 rings (SSSR count). The van der Waals surface area contributed by atoms with Gasteiger partial charge in [0.15, 0.2) is 11.5 Å². The predicted octanol–water partition coefficient (Wildman–Crippen LogP) is 3.34. The van der Waals surface area contributed by atoms with Crippen molar-refractivity contribution < 1.29 is 38.8 Å². The second-order valence-corrected chi connectivity index (χ2v) is 10.8. The lowest BCUT2D eigenvalue weighted by atomic mass is 9.77. The maximum absolute atomic E-state index is 13.7. The van der Waals surface area contributed by atoms with Crippen LogP contribution in [0.2, 0.25) is 0 Å². The largest absolute Gasteiger partial charge is 0.493 e. The van der Waals surface area contributed by atoms with Crippen LogP contribution in [0.5, 0.6) is 11.5 Å². The summed E-state index contributed by atoms with van der Waals surface area (Å²) in [5, 5.41) is 33.7. The monoisotopic (exact) mass is 584 g/mol. The van der Waals surface area contributed by atoms with Crippen molar-refractivity contribution in [2.24, 2.45) is 0 Å². The molecule has 1 heterocycles. The lowest BCUT2D eigenvalue weighted by Crippen LogP contribution is -2.55. The van der Waals surface area contributed by atoms with Gasteiger partial charge in [-0.3, -0.25) is 9.59 Å². The molecule has 1 aliphatic carbocycles. The van der Waals surface area contributed by atoms with Gasteiger partial charge in [0.05, 0.1) is 32.3 Å². The molecule has 10 heteroatoms. The molecule has 0 bridgehead atoms. The van der Waals surface area contributed by atoms with Crippen LogP contribution in [0.25, 0.3) is 0 Å². The van der Waals surface area contributed by atoms with E-state index in [1.165, 1.54) is 24.1 Å². The van der Waals surface area contributed by atoms with Gasteiger partial charge < -0.3 is 35.0 Å². The number of methoxy groups -OCH3 is 1. The summed E-state index contributed by atoms with van der Waals surface area (Å²) in [5.41, 5.74) is 2.09. The molecule has 0 aromatic heterocycles. The van der Waals surface area contributed by atoms with Gasteiger partial charge >= 0.3 is 0 Å². The number of rotatable bonds is 14. The highest BCUT2D eigenvalue weighted by molar-refractivity contribution is 5.96. The topological polar surface area (TPSA) is 129 Å². The molecule has 4 N–H and O–H groups in total. The summed E-state index contributed by atoms with van der Waals surface area (Å²) in [5.74, 6) is -1.05. The third kappa shape index (κ3) is 6.94. The number of hydrogen-bond acceptors (Lipinski definition) is 7. The molecule has 0 saturated heterocycles. The van der Waals surface area contributed by atoms with Crippen LogP contribution in [0.3, 0.4) is 0 Å². The Bertz CT molecular complexity index is 1270. The standard InChI is InChI=1S/C32H41FN2O7/c1-3-4-5-6-7-8-27(38)35(18-20-9-11-22(33)12-10-20)25-17-24(32(40)34-13-14-36)28-23-15-21(19-37)16-26(41-2)30(23)42-31(28)29(25)39/h9-12,15-17,25,28-29,31,36-37,39H,3-8,13-14,18-19H2,1-2H3,(H,34,40)/t25-,28+,29+,31+/m1/s1. The summed E-state index contributed by atoms with van der Waals surface area (Å²) in [7, 11) is 1.47. The van der Waals surface area contributed by atoms with Crippen molar-refractivity contribution in [1.29, 1.82) is 0 Å². The van der Waals surface area contributed by atoms with Crippen LogP contribution in [0.1, 0.15) is 68.1 Å². The fourth-order valence-electron chi connectivity index (χ4n) is 5.79. The molecule has 2 aliphatic rings. The maximum atomic E-state index is 13.7. The maximum Gasteiger partial charge on any atom is 0.247 e. The molecular weight excluding hydrogens is 543 g/mol. The Morgan fingerprint density at radius 1 is 1.07 bits per heavy atom. The minimum atomic E-state index is -1.22. The molecule has 1 aliphatic heterocycles. The number of fused-ring (bicyclic) bond motifs is 3. The molecule has 0 fully saturated rings. The number of nitrogens with zero attached hydrogens (tertiary/aromatic N) is 1. The fraction of sp³-hybridized carbons (Fsp3) is 0.500. The van der Waals surface area contributed by atoms with Gasteiger partial charge in [-0.25, -0.2) is 4.39 Å². The zero-order valence-corrected chi connectivity index (χ0v) is 24.2. The Balaban J connectivity index is 1.74. The summed E-state index contributed by atoms with van der Waals surface area (Å²) in [6, 6.07) is 8.27. The average Bonchev–Trinajstić information content (AvgIpc) is 3.39. The number of unbranched alkanes of at least 4 members (excludes halogenated alkanes) is 4. The number of carbonyl (C=O) groups is 2. The van der Waals surface area contributed by atoms with Gasteiger partial charge in [-0.2, -0.15) is 0 Å². The summed E-state index contributed by atoms with van der Waals surface area (Å²) in [4.78, 5) is 28.7. The number of benzene rings is 2. The van der Waals surface area contributed by atoms with Crippen LogP contribution in [0.4, 0.5) is 4.39 Å². The van der Waals surface area contributed by atoms with E-state index in [0.29, 0.717) is 34.6 Å². The van der Waals surface area contributed by atoms with E-state index in [-0.39, 0.29) is 44.2 Å². The van der Waals surface area contributed by atoms with E-state index in [1.54, 1.807) is 30.3 Å². The second-order valence-electron chi connectivity index (χ2n) is 10.8. The highest BCUT2D eigenvalue weighted by Crippen LogP contribution is 2.51. The van der Waals surface area contributed by atoms with Crippen molar-refractivity contribution >= 4 is 11.8 Å². The van der Waals surface area contributed by atoms with Gasteiger partial charge in [-0.05, 0) is 47.9 Å². The van der Waals surface area contributed by atoms with Crippen molar-refractivity contribution in [3.63, 3.8) is 0 Å². The van der Waals surface area contributed by atoms with Crippen molar-refractivity contribution in [3.05, 3.63) is 70.6 Å². The van der Waals surface area contributed by atoms with Crippen molar-refractivity contribution in [3.8, 4) is 11.5 Å². The number of amides is 2. The number of nitrogens with one attached hydrogen (secondary N) is 1. The van der Waals surface area contributed by atoms with Crippen LogP contribution in [0, 0.1) is 5.82 Å². The zero-order valence-electron chi connectivity index (χ0n) is 24.2. The van der Waals surface area contributed by atoms with Crippen molar-refractivity contribution in [2.45, 2.75) is 82.8 Å². The molecule has 2 amide bonds. The number of carbonyl (C=O) groups excluding carboxylic acids is 2. The Morgan fingerprint density at radius 2 is 1.81 bits per heavy atom. The van der Waals surface area contributed by atoms with Crippen molar-refractivity contribution in [1.82, 2.24) is 10.2 Å². The van der Waals surface area contributed by atoms with Gasteiger partial charge in [-0.1, -0.05) is 44.7 Å². The van der Waals surface area contributed by atoms with E-state index in [1.807, 2.05) is 0 Å². The summed E-state index contributed by atoms with van der Waals surface area (Å²) >= 11 is 0. The highest BCUT2D eigenvalue weighted by atomic mass is 19.1. The van der Waals surface area contributed by atoms with Crippen LogP contribution in [-0.2, 0) is 22.7 Å². The molecule has 4 atom stereocenters. The number of halogens is 1. The van der Waals surface area contributed by atoms with Crippen LogP contribution in [0.15, 0.2) is 48.0 Å². The Labute approximate surface area is 245 Å². The Morgan fingerprint density at radius 3 is 2.48 bits per heavy atom. The summed E-state index contributed by atoms with van der Waals surface area (Å²) in [6.07, 6.45) is 4.50. The van der Waals surface area contributed by atoms with E-state index < -0.39 is 35.9 Å². The van der Waals surface area contributed by atoms with Gasteiger partial charge in [-0.15, -0.1) is 0 Å². The molecule has 0 saturated carbocycles. The summed E-state index contributed by atoms with van der Waals surface area (Å²) in [6.45, 7) is 1.71. The van der Waals surface area contributed by atoms with Gasteiger partial charge in [0.25, 0.3) is 0 Å². The minimum absolute atomic E-state index is 0.0183. The number of hydrogen-bond donors (Lipinski definition) is 4. The average molecular weight is 585 g/mol. The summed E-state index contributed by atoms with van der Waals surface area (Å²) < 4.78 is 25.4. The molecule has 0 radical (unpaired) electrons. The molecule has 0 spiro atoms. The van der Waals surface area contributed by atoms with E-state index >= 15 is 0 Å². The van der Waals surface area contributed by atoms with Crippen molar-refractivity contribution in [2.75, 3.05) is 20.3 Å². The molecule has 228 valence electrons. The molecule has 2 aromatic rings. The third-order valence-electron chi connectivity index (χ3n) is 7.94. The normalized spacial score (nSPS) is 20.7. The Hall–Kier alpha value is -3.47. The van der Waals surface area contributed by atoms with Gasteiger partial charge in [0.2, 0.25) is 11.8 Å². The third-order valence-corrected chi connectivity index (χ3v) is 7.94. The fourth-order valence-corrected chi connectivity index (χ4v) is 5.79. The molecule has 2 aromatic carbocycles. The first-order chi connectivity index (χ1) is 20.3. The molecule has 42 heavy (non-hydrogen) atoms. The predicted molar refractivity (Wildman–Crippen MR) is 154 cm³/mol. The van der Waals surface area contributed by atoms with E-state index in [2.05, 4.69) is 12.2 Å². The van der Waals surface area contributed by atoms with E-state index in [4.69, 9.17) is 9.47 Å². The van der Waals surface area contributed by atoms with E-state index in [9.17, 15) is 29.3 Å². The first-order valence-corrected chi connectivity index (χ1v) is 14.6. The molecular formula is C32H41FN2O7. The quantitative estimate of drug-likeness (QED) is 0.251. The Kier molecular flexibility index (Phi) is 11.0. The van der Waals surface area contributed by atoms with E-state index in [0.717, 1.165) is 25.7 Å². The van der Waals surface area contributed by atoms with Crippen LogP contribution >= 0.6 is 0 Å². The second kappa shape index (κ2) is 14.6. The smallest absolute Gasteiger partial charge is 0.247 e. The van der Waals surface area contributed by atoms with Crippen LogP contribution < -0.4 is 14.8 Å². The first kappa shape index (κ1) is 31.5. The number of aliphatic hydroxyl groups is 3. The minimum Gasteiger partial charge on any atom is -0.493 e. The number of aliphatic hydroxyl groups excluding tert-OH is 3. The highest BCUT2D eigenvalue weighted by Gasteiger charge is 2.51. The van der Waals surface area contributed by atoms with Gasteiger partial charge in [0, 0.05) is 30.6 Å². The van der Waals surface area contributed by atoms with Gasteiger partial charge in [0.1, 0.15) is 18.0 Å². The first-order valence-electron chi connectivity index (χ1n) is 14.6. The SMILES string of the molecule is CCCCCCCC(=O)N(Cc1ccc(F)cc1)[C@@H]1C=C(C(=O)NCCO)[C@@H]2c3cc(CO)cc(OC)c3O[C@@H]2[C@H]1O.